The van der Waals surface area contributed by atoms with Crippen molar-refractivity contribution < 1.29 is 14.7 Å². The lowest BCUT2D eigenvalue weighted by molar-refractivity contribution is -0.142. The number of hydrogen-bond donors (Lipinski definition) is 2. The fraction of sp³-hybridized carbons (Fsp3) is 0.500. The van der Waals surface area contributed by atoms with E-state index in [4.69, 9.17) is 5.11 Å². The zero-order valence-electron chi connectivity index (χ0n) is 10.3. The van der Waals surface area contributed by atoms with Crippen LogP contribution in [0.2, 0.25) is 0 Å². The van der Waals surface area contributed by atoms with Crippen molar-refractivity contribution in [3.63, 3.8) is 0 Å². The minimum absolute atomic E-state index is 0.111. The van der Waals surface area contributed by atoms with E-state index >= 15 is 0 Å². The number of thiophene rings is 1. The summed E-state index contributed by atoms with van der Waals surface area (Å²) < 4.78 is 1.02. The number of carbonyl (C=O) groups is 2. The van der Waals surface area contributed by atoms with Gasteiger partial charge >= 0.3 is 5.97 Å². The Morgan fingerprint density at radius 2 is 2.17 bits per heavy atom. The van der Waals surface area contributed by atoms with Gasteiger partial charge in [-0.05, 0) is 42.3 Å². The topological polar surface area (TPSA) is 66.4 Å². The molecule has 0 bridgehead atoms. The summed E-state index contributed by atoms with van der Waals surface area (Å²) in [6.45, 7) is 3.29. The Bertz CT molecular complexity index is 433. The van der Waals surface area contributed by atoms with Gasteiger partial charge < -0.3 is 10.4 Å². The molecule has 0 saturated carbocycles. The van der Waals surface area contributed by atoms with E-state index in [9.17, 15) is 9.59 Å². The summed E-state index contributed by atoms with van der Waals surface area (Å²) in [5, 5.41) is 13.5. The summed E-state index contributed by atoms with van der Waals surface area (Å²) in [5.41, 5.74) is 0. The van der Waals surface area contributed by atoms with Crippen molar-refractivity contribution >= 4 is 39.1 Å². The van der Waals surface area contributed by atoms with Gasteiger partial charge in [-0.3, -0.25) is 9.59 Å². The predicted molar refractivity (Wildman–Crippen MR) is 74.7 cm³/mol. The zero-order chi connectivity index (χ0) is 13.7. The highest BCUT2D eigenvalue weighted by Crippen LogP contribution is 2.20. The minimum Gasteiger partial charge on any atom is -0.481 e. The van der Waals surface area contributed by atoms with Gasteiger partial charge in [0.15, 0.2) is 0 Å². The zero-order valence-corrected chi connectivity index (χ0v) is 12.7. The molecule has 4 nitrogen and oxygen atoms in total. The van der Waals surface area contributed by atoms with Crippen LogP contribution in [0.15, 0.2) is 15.9 Å². The van der Waals surface area contributed by atoms with Crippen molar-refractivity contribution in [2.45, 2.75) is 32.7 Å². The summed E-state index contributed by atoms with van der Waals surface area (Å²) in [7, 11) is 0. The van der Waals surface area contributed by atoms with Gasteiger partial charge in [0, 0.05) is 27.2 Å². The monoisotopic (exact) mass is 333 g/mol. The van der Waals surface area contributed by atoms with Crippen molar-refractivity contribution in [2.75, 3.05) is 0 Å². The van der Waals surface area contributed by atoms with Crippen LogP contribution in [-0.2, 0) is 16.0 Å². The highest BCUT2D eigenvalue weighted by Gasteiger charge is 2.20. The standard InChI is InChI=1S/C12H16BrNO3S/c1-7(12(16)17)8(2)14-11(15)4-3-10-5-9(13)6-18-10/h5-8H,3-4H2,1-2H3,(H,14,15)(H,16,17). The van der Waals surface area contributed by atoms with E-state index in [-0.39, 0.29) is 11.9 Å². The van der Waals surface area contributed by atoms with E-state index in [0.717, 1.165) is 9.35 Å². The number of aliphatic carboxylic acids is 1. The molecule has 0 aliphatic heterocycles. The van der Waals surface area contributed by atoms with Crippen molar-refractivity contribution in [1.29, 1.82) is 0 Å². The molecule has 1 heterocycles. The molecule has 1 amide bonds. The van der Waals surface area contributed by atoms with E-state index in [1.54, 1.807) is 25.2 Å². The van der Waals surface area contributed by atoms with Gasteiger partial charge in [-0.15, -0.1) is 11.3 Å². The number of hydrogen-bond acceptors (Lipinski definition) is 3. The highest BCUT2D eigenvalue weighted by atomic mass is 79.9. The summed E-state index contributed by atoms with van der Waals surface area (Å²) >= 11 is 4.96. The maximum Gasteiger partial charge on any atom is 0.308 e. The molecule has 2 N–H and O–H groups in total. The van der Waals surface area contributed by atoms with E-state index in [2.05, 4.69) is 21.2 Å². The van der Waals surface area contributed by atoms with E-state index in [0.29, 0.717) is 12.8 Å². The second-order valence-electron chi connectivity index (χ2n) is 4.21. The number of carboxylic acids is 1. The van der Waals surface area contributed by atoms with Crippen LogP contribution < -0.4 is 5.32 Å². The predicted octanol–water partition coefficient (Wildman–Crippen LogP) is 2.67. The molecular formula is C12H16BrNO3S. The number of rotatable bonds is 6. The van der Waals surface area contributed by atoms with Gasteiger partial charge in [-0.2, -0.15) is 0 Å². The molecule has 100 valence electrons. The maximum atomic E-state index is 11.6. The Morgan fingerprint density at radius 1 is 1.50 bits per heavy atom. The van der Waals surface area contributed by atoms with Gasteiger partial charge in [0.1, 0.15) is 0 Å². The van der Waals surface area contributed by atoms with Crippen LogP contribution in [0.25, 0.3) is 0 Å². The number of aryl methyl sites for hydroxylation is 1. The number of halogens is 1. The Kier molecular flexibility index (Phi) is 5.81. The van der Waals surface area contributed by atoms with Crippen LogP contribution in [0.3, 0.4) is 0 Å². The Labute approximate surface area is 119 Å². The molecule has 1 aromatic heterocycles. The second kappa shape index (κ2) is 6.89. The fourth-order valence-electron chi connectivity index (χ4n) is 1.39. The first-order valence-corrected chi connectivity index (χ1v) is 7.32. The van der Waals surface area contributed by atoms with Gasteiger partial charge in [-0.25, -0.2) is 0 Å². The first kappa shape index (κ1) is 15.2. The average Bonchev–Trinajstić information content (AvgIpc) is 2.71. The van der Waals surface area contributed by atoms with Crippen LogP contribution in [0.1, 0.15) is 25.1 Å². The minimum atomic E-state index is -0.898. The molecule has 1 rings (SSSR count). The van der Waals surface area contributed by atoms with Crippen molar-refractivity contribution in [3.8, 4) is 0 Å². The lowest BCUT2D eigenvalue weighted by atomic mass is 10.0. The maximum absolute atomic E-state index is 11.6. The summed E-state index contributed by atoms with van der Waals surface area (Å²) in [5.74, 6) is -1.59. The lowest BCUT2D eigenvalue weighted by Crippen LogP contribution is -2.40. The van der Waals surface area contributed by atoms with Crippen molar-refractivity contribution in [3.05, 3.63) is 20.8 Å². The number of amides is 1. The Balaban J connectivity index is 2.35. The molecule has 6 heteroatoms. The first-order valence-electron chi connectivity index (χ1n) is 5.65. The first-order chi connectivity index (χ1) is 8.40. The third-order valence-electron chi connectivity index (χ3n) is 2.75. The van der Waals surface area contributed by atoms with Crippen molar-refractivity contribution in [2.24, 2.45) is 5.92 Å². The number of nitrogens with one attached hydrogen (secondary N) is 1. The molecule has 1 aromatic rings. The molecule has 2 unspecified atom stereocenters. The SMILES string of the molecule is CC(NC(=O)CCc1cc(Br)cs1)C(C)C(=O)O. The highest BCUT2D eigenvalue weighted by molar-refractivity contribution is 9.10. The molecule has 0 radical (unpaired) electrons. The quantitative estimate of drug-likeness (QED) is 0.841. The summed E-state index contributed by atoms with van der Waals surface area (Å²) in [4.78, 5) is 23.5. The Morgan fingerprint density at radius 3 is 2.67 bits per heavy atom. The second-order valence-corrected chi connectivity index (χ2v) is 6.13. The van der Waals surface area contributed by atoms with E-state index in [1.165, 1.54) is 0 Å². The third-order valence-corrected chi connectivity index (χ3v) is 4.51. The van der Waals surface area contributed by atoms with Crippen molar-refractivity contribution in [1.82, 2.24) is 5.32 Å². The third kappa shape index (κ3) is 4.78. The normalized spacial score (nSPS) is 13.9. The fourth-order valence-corrected chi connectivity index (χ4v) is 2.84. The number of carbonyl (C=O) groups excluding carboxylic acids is 1. The summed E-state index contributed by atoms with van der Waals surface area (Å²) in [6.07, 6.45) is 1.06. The molecule has 0 aromatic carbocycles. The largest absolute Gasteiger partial charge is 0.481 e. The van der Waals surface area contributed by atoms with Gasteiger partial charge in [0.25, 0.3) is 0 Å². The molecular weight excluding hydrogens is 318 g/mol. The van der Waals surface area contributed by atoms with Gasteiger partial charge in [-0.1, -0.05) is 0 Å². The summed E-state index contributed by atoms with van der Waals surface area (Å²) in [6, 6.07) is 1.63. The molecule has 0 spiro atoms. The van der Waals surface area contributed by atoms with Crippen LogP contribution in [0.4, 0.5) is 0 Å². The Hall–Kier alpha value is -0.880. The van der Waals surface area contributed by atoms with E-state index < -0.39 is 11.9 Å². The van der Waals surface area contributed by atoms with Gasteiger partial charge in [0.2, 0.25) is 5.91 Å². The van der Waals surface area contributed by atoms with E-state index in [1.807, 2.05) is 11.4 Å². The average molecular weight is 334 g/mol. The van der Waals surface area contributed by atoms with Crippen LogP contribution >= 0.6 is 27.3 Å². The number of carboxylic acid groups (broad SMARTS) is 1. The van der Waals surface area contributed by atoms with Crippen LogP contribution in [0.5, 0.6) is 0 Å². The van der Waals surface area contributed by atoms with Crippen LogP contribution in [-0.4, -0.2) is 23.0 Å². The lowest BCUT2D eigenvalue weighted by Gasteiger charge is -2.17. The smallest absolute Gasteiger partial charge is 0.308 e. The molecule has 0 aliphatic rings. The molecule has 0 aliphatic carbocycles. The molecule has 2 atom stereocenters. The molecule has 0 fully saturated rings. The van der Waals surface area contributed by atoms with Gasteiger partial charge in [0.05, 0.1) is 5.92 Å². The molecule has 0 saturated heterocycles. The van der Waals surface area contributed by atoms with Crippen LogP contribution in [0, 0.1) is 5.92 Å². The molecule has 18 heavy (non-hydrogen) atoms.